The quantitative estimate of drug-likeness (QED) is 0.632. The third-order valence-electron chi connectivity index (χ3n) is 2.75. The molecule has 1 fully saturated rings. The Morgan fingerprint density at radius 2 is 1.85 bits per heavy atom. The van der Waals surface area contributed by atoms with Gasteiger partial charge in [0.25, 0.3) is 0 Å². The zero-order valence-electron chi connectivity index (χ0n) is 8.44. The Morgan fingerprint density at radius 3 is 2.38 bits per heavy atom. The van der Waals surface area contributed by atoms with E-state index in [1.807, 2.05) is 0 Å². The number of carbonyl (C=O) groups excluding carboxylic acids is 1. The van der Waals surface area contributed by atoms with Crippen LogP contribution in [-0.4, -0.2) is 19.6 Å². The van der Waals surface area contributed by atoms with E-state index in [0.29, 0.717) is 5.92 Å². The summed E-state index contributed by atoms with van der Waals surface area (Å²) >= 11 is 0. The van der Waals surface area contributed by atoms with Gasteiger partial charge >= 0.3 is 6.03 Å². The molecule has 0 radical (unpaired) electrons. The summed E-state index contributed by atoms with van der Waals surface area (Å²) in [5.41, 5.74) is 0. The highest BCUT2D eigenvalue weighted by atomic mass is 16.2. The number of hydrogen-bond acceptors (Lipinski definition) is 1. The molecule has 0 heterocycles. The molecule has 0 atom stereocenters. The summed E-state index contributed by atoms with van der Waals surface area (Å²) in [6, 6.07) is -0.0516. The average Bonchev–Trinajstić information content (AvgIpc) is 2.42. The van der Waals surface area contributed by atoms with Crippen LogP contribution in [0.2, 0.25) is 0 Å². The Morgan fingerprint density at radius 1 is 1.23 bits per heavy atom. The van der Waals surface area contributed by atoms with E-state index < -0.39 is 0 Å². The lowest BCUT2D eigenvalue weighted by atomic mass is 10.0. The normalized spacial score (nSPS) is 19.2. The van der Waals surface area contributed by atoms with E-state index in [2.05, 4.69) is 10.6 Å². The van der Waals surface area contributed by atoms with Gasteiger partial charge in [-0.3, -0.25) is 0 Å². The topological polar surface area (TPSA) is 41.1 Å². The Hall–Kier alpha value is -0.730. The third kappa shape index (κ3) is 4.15. The minimum atomic E-state index is -0.0516. The second-order valence-electron chi connectivity index (χ2n) is 3.82. The van der Waals surface area contributed by atoms with Crippen LogP contribution in [0.25, 0.3) is 0 Å². The minimum absolute atomic E-state index is 0.0516. The molecule has 0 spiro atoms. The van der Waals surface area contributed by atoms with Crippen molar-refractivity contribution in [2.45, 2.75) is 38.5 Å². The molecular weight excluding hydrogens is 164 g/mol. The second-order valence-corrected chi connectivity index (χ2v) is 3.82. The van der Waals surface area contributed by atoms with Crippen LogP contribution in [0.3, 0.4) is 0 Å². The molecule has 0 aliphatic heterocycles. The fourth-order valence-corrected chi connectivity index (χ4v) is 1.89. The maximum Gasteiger partial charge on any atom is 0.314 e. The lowest BCUT2D eigenvalue weighted by molar-refractivity contribution is 0.240. The summed E-state index contributed by atoms with van der Waals surface area (Å²) in [5.74, 6) is 0.708. The first-order chi connectivity index (χ1) is 6.33. The standard InChI is InChI=1S/C10H20N2O/c1-11-10(13)12-8-9-6-4-2-3-5-7-9/h9H,2-8H2,1H3,(H2,11,12,13). The van der Waals surface area contributed by atoms with Gasteiger partial charge in [0.05, 0.1) is 0 Å². The highest BCUT2D eigenvalue weighted by Crippen LogP contribution is 2.21. The molecule has 1 saturated carbocycles. The van der Waals surface area contributed by atoms with Gasteiger partial charge in [-0.2, -0.15) is 0 Å². The molecule has 0 unspecified atom stereocenters. The number of nitrogens with one attached hydrogen (secondary N) is 2. The molecule has 76 valence electrons. The molecule has 0 bridgehead atoms. The summed E-state index contributed by atoms with van der Waals surface area (Å²) < 4.78 is 0. The highest BCUT2D eigenvalue weighted by Gasteiger charge is 2.12. The maximum atomic E-state index is 10.9. The van der Waals surface area contributed by atoms with E-state index in [9.17, 15) is 4.79 Å². The number of amides is 2. The minimum Gasteiger partial charge on any atom is -0.341 e. The fraction of sp³-hybridized carbons (Fsp3) is 0.900. The molecule has 0 saturated heterocycles. The van der Waals surface area contributed by atoms with Gasteiger partial charge in [-0.25, -0.2) is 4.79 Å². The Kier molecular flexibility index (Phi) is 4.65. The molecule has 3 nitrogen and oxygen atoms in total. The van der Waals surface area contributed by atoms with Gasteiger partial charge in [0, 0.05) is 13.6 Å². The van der Waals surface area contributed by atoms with Crippen LogP contribution in [0.15, 0.2) is 0 Å². The smallest absolute Gasteiger partial charge is 0.314 e. The molecule has 1 aliphatic rings. The van der Waals surface area contributed by atoms with Crippen LogP contribution in [0.4, 0.5) is 4.79 Å². The van der Waals surface area contributed by atoms with Crippen LogP contribution in [-0.2, 0) is 0 Å². The Balaban J connectivity index is 2.15. The van der Waals surface area contributed by atoms with E-state index in [0.717, 1.165) is 6.54 Å². The molecule has 0 aromatic rings. The predicted octanol–water partition coefficient (Wildman–Crippen LogP) is 1.89. The van der Waals surface area contributed by atoms with Crippen LogP contribution < -0.4 is 10.6 Å². The van der Waals surface area contributed by atoms with Crippen molar-refractivity contribution in [3.05, 3.63) is 0 Å². The van der Waals surface area contributed by atoms with Gasteiger partial charge < -0.3 is 10.6 Å². The Labute approximate surface area is 80.3 Å². The molecule has 3 heteroatoms. The van der Waals surface area contributed by atoms with Gasteiger partial charge in [-0.1, -0.05) is 25.7 Å². The van der Waals surface area contributed by atoms with Crippen molar-refractivity contribution in [1.29, 1.82) is 0 Å². The summed E-state index contributed by atoms with van der Waals surface area (Å²) in [6.45, 7) is 0.847. The highest BCUT2D eigenvalue weighted by molar-refractivity contribution is 5.73. The first-order valence-electron chi connectivity index (χ1n) is 5.28. The predicted molar refractivity (Wildman–Crippen MR) is 53.7 cm³/mol. The Bertz CT molecular complexity index is 151. The van der Waals surface area contributed by atoms with E-state index in [1.165, 1.54) is 38.5 Å². The van der Waals surface area contributed by atoms with Crippen molar-refractivity contribution < 1.29 is 4.79 Å². The van der Waals surface area contributed by atoms with E-state index in [1.54, 1.807) is 7.05 Å². The van der Waals surface area contributed by atoms with E-state index >= 15 is 0 Å². The van der Waals surface area contributed by atoms with Gasteiger partial charge in [0.1, 0.15) is 0 Å². The van der Waals surface area contributed by atoms with Crippen LogP contribution in [0.5, 0.6) is 0 Å². The maximum absolute atomic E-state index is 10.9. The van der Waals surface area contributed by atoms with Crippen LogP contribution >= 0.6 is 0 Å². The number of rotatable bonds is 2. The van der Waals surface area contributed by atoms with E-state index in [-0.39, 0.29) is 6.03 Å². The fourth-order valence-electron chi connectivity index (χ4n) is 1.89. The third-order valence-corrected chi connectivity index (χ3v) is 2.75. The molecule has 0 aromatic heterocycles. The summed E-state index contributed by atoms with van der Waals surface area (Å²) in [6.07, 6.45) is 7.97. The second kappa shape index (κ2) is 5.84. The average molecular weight is 184 g/mol. The van der Waals surface area contributed by atoms with Crippen molar-refractivity contribution in [3.63, 3.8) is 0 Å². The van der Waals surface area contributed by atoms with Crippen LogP contribution in [0, 0.1) is 5.92 Å². The summed E-state index contributed by atoms with van der Waals surface area (Å²) in [5, 5.41) is 5.45. The first-order valence-corrected chi connectivity index (χ1v) is 5.28. The molecule has 1 aliphatic carbocycles. The SMILES string of the molecule is CNC(=O)NCC1CCCCCC1. The zero-order valence-corrected chi connectivity index (χ0v) is 8.44. The molecule has 2 amide bonds. The largest absolute Gasteiger partial charge is 0.341 e. The summed E-state index contributed by atoms with van der Waals surface area (Å²) in [4.78, 5) is 10.9. The number of hydrogen-bond donors (Lipinski definition) is 2. The van der Waals surface area contributed by atoms with Gasteiger partial charge in [0.15, 0.2) is 0 Å². The van der Waals surface area contributed by atoms with Crippen molar-refractivity contribution in [2.75, 3.05) is 13.6 Å². The lowest BCUT2D eigenvalue weighted by Crippen LogP contribution is -2.36. The summed E-state index contributed by atoms with van der Waals surface area (Å²) in [7, 11) is 1.66. The van der Waals surface area contributed by atoms with Gasteiger partial charge in [0.2, 0.25) is 0 Å². The molecule has 0 aromatic carbocycles. The van der Waals surface area contributed by atoms with Crippen molar-refractivity contribution >= 4 is 6.03 Å². The molecule has 2 N–H and O–H groups in total. The van der Waals surface area contributed by atoms with E-state index in [4.69, 9.17) is 0 Å². The van der Waals surface area contributed by atoms with Crippen LogP contribution in [0.1, 0.15) is 38.5 Å². The number of urea groups is 1. The monoisotopic (exact) mass is 184 g/mol. The lowest BCUT2D eigenvalue weighted by Gasteiger charge is -2.14. The first kappa shape index (κ1) is 10.4. The number of carbonyl (C=O) groups is 1. The van der Waals surface area contributed by atoms with Gasteiger partial charge in [-0.15, -0.1) is 0 Å². The van der Waals surface area contributed by atoms with Crippen molar-refractivity contribution in [1.82, 2.24) is 10.6 Å². The van der Waals surface area contributed by atoms with Crippen molar-refractivity contribution in [3.8, 4) is 0 Å². The zero-order chi connectivity index (χ0) is 9.52. The molecule has 1 rings (SSSR count). The van der Waals surface area contributed by atoms with Gasteiger partial charge in [-0.05, 0) is 18.8 Å². The molecular formula is C10H20N2O. The van der Waals surface area contributed by atoms with Crippen molar-refractivity contribution in [2.24, 2.45) is 5.92 Å². The molecule has 13 heavy (non-hydrogen) atoms.